The molecule has 9 nitrogen and oxygen atoms in total. The third kappa shape index (κ3) is 4.01. The van der Waals surface area contributed by atoms with Crippen molar-refractivity contribution in [2.24, 2.45) is 24.8 Å². The van der Waals surface area contributed by atoms with Crippen molar-refractivity contribution in [3.8, 4) is 0 Å². The Labute approximate surface area is 204 Å². The molecule has 0 spiro atoms. The smallest absolute Gasteiger partial charge is 0.258 e. The van der Waals surface area contributed by atoms with Crippen LogP contribution in [-0.2, 0) is 29.6 Å². The molecule has 0 bridgehead atoms. The van der Waals surface area contributed by atoms with Gasteiger partial charge >= 0.3 is 0 Å². The quantitative estimate of drug-likeness (QED) is 0.622. The zero-order chi connectivity index (χ0) is 24.7. The second kappa shape index (κ2) is 9.45. The van der Waals surface area contributed by atoms with E-state index in [0.29, 0.717) is 25.1 Å². The van der Waals surface area contributed by atoms with Crippen LogP contribution < -0.4 is 10.9 Å². The highest BCUT2D eigenvalue weighted by Gasteiger charge is 2.58. The van der Waals surface area contributed by atoms with Gasteiger partial charge in [-0.1, -0.05) is 18.6 Å². The van der Waals surface area contributed by atoms with Crippen molar-refractivity contribution in [3.63, 3.8) is 0 Å². The van der Waals surface area contributed by atoms with Crippen LogP contribution >= 0.6 is 0 Å². The first-order valence-corrected chi connectivity index (χ1v) is 12.5. The number of aromatic nitrogens is 3. The number of nitrogens with one attached hydrogen (secondary N) is 1. The fourth-order valence-corrected chi connectivity index (χ4v) is 5.93. The number of hydrogen-bond acceptors (Lipinski definition) is 5. The van der Waals surface area contributed by atoms with E-state index in [1.54, 1.807) is 27.9 Å². The molecule has 4 atom stereocenters. The molecule has 2 aliphatic heterocycles. The predicted octanol–water partition coefficient (Wildman–Crippen LogP) is 1.26. The van der Waals surface area contributed by atoms with Crippen LogP contribution in [0.5, 0.6) is 0 Å². The summed E-state index contributed by atoms with van der Waals surface area (Å²) in [4.78, 5) is 46.3. The van der Waals surface area contributed by atoms with Crippen LogP contribution in [0.3, 0.4) is 0 Å². The van der Waals surface area contributed by atoms with E-state index in [1.165, 1.54) is 0 Å². The van der Waals surface area contributed by atoms with Crippen molar-refractivity contribution in [3.05, 3.63) is 58.0 Å². The van der Waals surface area contributed by atoms with Crippen molar-refractivity contribution in [2.75, 3.05) is 13.2 Å². The molecule has 2 amide bonds. The molecular weight excluding hydrogens is 446 g/mol. The molecule has 0 radical (unpaired) electrons. The molecule has 5 rings (SSSR count). The van der Waals surface area contributed by atoms with E-state index < -0.39 is 12.0 Å². The summed E-state index contributed by atoms with van der Waals surface area (Å²) in [5.74, 6) is -1.01. The normalized spacial score (nSPS) is 25.5. The summed E-state index contributed by atoms with van der Waals surface area (Å²) in [6, 6.07) is 2.54. The molecule has 2 fully saturated rings. The number of likely N-dealkylation sites (tertiary alicyclic amines) is 1. The molecule has 9 heteroatoms. The number of carbonyl (C=O) groups excluding carboxylic acids is 2. The Bertz CT molecular complexity index is 1210. The SMILES string of the molecule is C/C=C/c1ccc2n(c1=O)C[C@H]1[C@H](CO)[C@@H](C(=O)NCCc3cn(C)cn3)N(C(=O)C3CCC3)[C@@H]21. The van der Waals surface area contributed by atoms with Gasteiger partial charge in [-0.15, -0.1) is 0 Å². The third-order valence-electron chi connectivity index (χ3n) is 7.87. The van der Waals surface area contributed by atoms with Crippen molar-refractivity contribution in [2.45, 2.75) is 51.2 Å². The van der Waals surface area contributed by atoms with E-state index in [-0.39, 0.29) is 41.9 Å². The van der Waals surface area contributed by atoms with E-state index in [2.05, 4.69) is 10.3 Å². The molecule has 3 aliphatic rings. The molecule has 0 aromatic carbocycles. The minimum absolute atomic E-state index is 0.0366. The van der Waals surface area contributed by atoms with Gasteiger partial charge in [-0.05, 0) is 31.9 Å². The topological polar surface area (TPSA) is 109 Å². The summed E-state index contributed by atoms with van der Waals surface area (Å²) in [5.41, 5.74) is 2.13. The van der Waals surface area contributed by atoms with Gasteiger partial charge in [-0.25, -0.2) is 4.98 Å². The molecule has 186 valence electrons. The maximum atomic E-state index is 13.7. The standard InChI is InChI=1S/C26H33N5O4/c1-3-5-16-8-9-21-22-19(13-30(21)25(16)34)20(14-32)23(31(22)26(35)17-6-4-7-17)24(33)27-11-10-18-12-29(2)15-28-18/h3,5,8-9,12,15,17,19-20,22-23,32H,4,6-7,10-11,13-14H2,1-2H3,(H,27,33)/b5-3+/t19-,20-,22+,23-/m0/s1. The monoisotopic (exact) mass is 479 g/mol. The molecule has 1 saturated heterocycles. The number of fused-ring (bicyclic) bond motifs is 3. The average molecular weight is 480 g/mol. The highest BCUT2D eigenvalue weighted by atomic mass is 16.3. The average Bonchev–Trinajstić information content (AvgIpc) is 3.47. The fourth-order valence-electron chi connectivity index (χ4n) is 5.93. The highest BCUT2D eigenvalue weighted by Crippen LogP contribution is 2.50. The summed E-state index contributed by atoms with van der Waals surface area (Å²) in [5, 5.41) is 13.4. The van der Waals surface area contributed by atoms with Crippen LogP contribution in [0.2, 0.25) is 0 Å². The lowest BCUT2D eigenvalue weighted by Crippen LogP contribution is -2.52. The van der Waals surface area contributed by atoms with Gasteiger partial charge in [0.05, 0.1) is 18.1 Å². The number of nitrogens with zero attached hydrogens (tertiary/aromatic N) is 4. The second-order valence-corrected chi connectivity index (χ2v) is 9.97. The zero-order valence-electron chi connectivity index (χ0n) is 20.3. The number of allylic oxidation sites excluding steroid dienone is 1. The molecule has 4 heterocycles. The molecule has 2 aromatic rings. The first kappa shape index (κ1) is 23.5. The van der Waals surface area contributed by atoms with E-state index in [0.717, 1.165) is 30.7 Å². The summed E-state index contributed by atoms with van der Waals surface area (Å²) in [6.45, 7) is 2.43. The molecular formula is C26H33N5O4. The maximum Gasteiger partial charge on any atom is 0.258 e. The lowest BCUT2D eigenvalue weighted by atomic mass is 9.84. The van der Waals surface area contributed by atoms with Gasteiger partial charge in [-0.3, -0.25) is 14.4 Å². The van der Waals surface area contributed by atoms with Gasteiger partial charge in [0, 0.05) is 68.4 Å². The maximum absolute atomic E-state index is 13.7. The van der Waals surface area contributed by atoms with Crippen molar-refractivity contribution in [1.29, 1.82) is 0 Å². The van der Waals surface area contributed by atoms with Crippen LogP contribution in [0.1, 0.15) is 49.2 Å². The van der Waals surface area contributed by atoms with Gasteiger partial charge in [-0.2, -0.15) is 0 Å². The Kier molecular flexibility index (Phi) is 6.35. The van der Waals surface area contributed by atoms with E-state index in [1.807, 2.05) is 36.9 Å². The number of aryl methyl sites for hydroxylation is 1. The molecule has 35 heavy (non-hydrogen) atoms. The van der Waals surface area contributed by atoms with Gasteiger partial charge < -0.3 is 24.5 Å². The summed E-state index contributed by atoms with van der Waals surface area (Å²) >= 11 is 0. The van der Waals surface area contributed by atoms with Crippen molar-refractivity contribution < 1.29 is 14.7 Å². The highest BCUT2D eigenvalue weighted by molar-refractivity contribution is 5.90. The first-order chi connectivity index (χ1) is 16.9. The van der Waals surface area contributed by atoms with Gasteiger partial charge in [0.15, 0.2) is 0 Å². The Morgan fingerprint density at radius 3 is 2.71 bits per heavy atom. The lowest BCUT2D eigenvalue weighted by molar-refractivity contribution is -0.147. The van der Waals surface area contributed by atoms with Crippen molar-refractivity contribution >= 4 is 17.9 Å². The second-order valence-electron chi connectivity index (χ2n) is 9.97. The number of aliphatic hydroxyl groups is 1. The van der Waals surface area contributed by atoms with Gasteiger partial charge in [0.2, 0.25) is 11.8 Å². The van der Waals surface area contributed by atoms with Crippen molar-refractivity contribution in [1.82, 2.24) is 24.3 Å². The van der Waals surface area contributed by atoms with Crippen LogP contribution in [-0.4, -0.2) is 55.1 Å². The summed E-state index contributed by atoms with van der Waals surface area (Å²) in [7, 11) is 1.90. The predicted molar refractivity (Wildman–Crippen MR) is 130 cm³/mol. The number of amides is 2. The minimum atomic E-state index is -0.758. The number of carbonyl (C=O) groups is 2. The lowest BCUT2D eigenvalue weighted by Gasteiger charge is -2.36. The Morgan fingerprint density at radius 2 is 2.09 bits per heavy atom. The summed E-state index contributed by atoms with van der Waals surface area (Å²) in [6.07, 6.45) is 10.5. The molecule has 2 N–H and O–H groups in total. The van der Waals surface area contributed by atoms with E-state index in [9.17, 15) is 19.5 Å². The molecule has 1 aliphatic carbocycles. The fraction of sp³-hybridized carbons (Fsp3) is 0.538. The number of hydrogen-bond donors (Lipinski definition) is 2. The number of pyridine rings is 1. The Morgan fingerprint density at radius 1 is 1.29 bits per heavy atom. The Balaban J connectivity index is 1.45. The molecule has 1 saturated carbocycles. The molecule has 0 unspecified atom stereocenters. The Hall–Kier alpha value is -3.20. The van der Waals surface area contributed by atoms with Gasteiger partial charge in [0.25, 0.3) is 5.56 Å². The minimum Gasteiger partial charge on any atom is -0.396 e. The zero-order valence-corrected chi connectivity index (χ0v) is 20.3. The number of rotatable bonds is 7. The van der Waals surface area contributed by atoms with Crippen LogP contribution in [0.4, 0.5) is 0 Å². The van der Waals surface area contributed by atoms with Gasteiger partial charge in [0.1, 0.15) is 6.04 Å². The largest absolute Gasteiger partial charge is 0.396 e. The first-order valence-electron chi connectivity index (χ1n) is 12.5. The van der Waals surface area contributed by atoms with Crippen LogP contribution in [0.25, 0.3) is 6.08 Å². The van der Waals surface area contributed by atoms with E-state index in [4.69, 9.17) is 0 Å². The molecule has 2 aromatic heterocycles. The number of aliphatic hydroxyl groups excluding tert-OH is 1. The third-order valence-corrected chi connectivity index (χ3v) is 7.87. The van der Waals surface area contributed by atoms with Crippen LogP contribution in [0.15, 0.2) is 35.5 Å². The van der Waals surface area contributed by atoms with Crippen LogP contribution in [0, 0.1) is 17.8 Å². The van der Waals surface area contributed by atoms with E-state index >= 15 is 0 Å². The summed E-state index contributed by atoms with van der Waals surface area (Å²) < 4.78 is 3.58. The number of imidazole rings is 1.